The van der Waals surface area contributed by atoms with E-state index in [9.17, 15) is 9.59 Å². The summed E-state index contributed by atoms with van der Waals surface area (Å²) in [6.07, 6.45) is 4.28. The molecule has 2 amide bonds. The highest BCUT2D eigenvalue weighted by atomic mass is 16.2. The molecule has 0 radical (unpaired) electrons. The van der Waals surface area contributed by atoms with Gasteiger partial charge in [-0.1, -0.05) is 97.1 Å². The van der Waals surface area contributed by atoms with Gasteiger partial charge in [-0.3, -0.25) is 9.59 Å². The Morgan fingerprint density at radius 1 is 0.943 bits per heavy atom. The van der Waals surface area contributed by atoms with Gasteiger partial charge in [0.1, 0.15) is 0 Å². The molecule has 1 heterocycles. The first-order valence-corrected chi connectivity index (χ1v) is 12.6. The molecule has 2 aliphatic rings. The van der Waals surface area contributed by atoms with Crippen molar-refractivity contribution in [3.63, 3.8) is 0 Å². The molecule has 4 heteroatoms. The molecule has 35 heavy (non-hydrogen) atoms. The van der Waals surface area contributed by atoms with E-state index in [0.29, 0.717) is 13.0 Å². The molecular formula is C31H32N2O2. The van der Waals surface area contributed by atoms with Crippen LogP contribution in [0.25, 0.3) is 0 Å². The third-order valence-corrected chi connectivity index (χ3v) is 7.49. The maximum Gasteiger partial charge on any atom is 0.227 e. The van der Waals surface area contributed by atoms with E-state index in [1.165, 1.54) is 0 Å². The fourth-order valence-corrected chi connectivity index (χ4v) is 5.63. The molecule has 1 N–H and O–H groups in total. The van der Waals surface area contributed by atoms with Gasteiger partial charge < -0.3 is 10.2 Å². The average molecular weight is 465 g/mol. The number of rotatable bonds is 6. The molecule has 1 aliphatic carbocycles. The summed E-state index contributed by atoms with van der Waals surface area (Å²) < 4.78 is 0. The molecule has 178 valence electrons. The molecule has 3 aromatic carbocycles. The van der Waals surface area contributed by atoms with Crippen LogP contribution in [0.5, 0.6) is 0 Å². The van der Waals surface area contributed by atoms with Gasteiger partial charge in [0.2, 0.25) is 11.8 Å². The van der Waals surface area contributed by atoms with E-state index in [1.54, 1.807) is 0 Å². The highest BCUT2D eigenvalue weighted by Gasteiger charge is 2.42. The standard InChI is InChI=1S/C31H32N2O2/c1-22(24-13-7-3-8-14-24)33-29-20-27(25-15-9-4-10-16-25)28(19-26(29)17-18-30(33)34)31(35)32-21-23-11-5-2-6-12-23/h2-16,20,22,26-28H,17-19,21H2,1H3,(H,32,35)/t22-,26-,27+,28-/m1/s1. The molecule has 5 rings (SSSR count). The number of hydrogen-bond donors (Lipinski definition) is 1. The van der Waals surface area contributed by atoms with Crippen LogP contribution in [0.3, 0.4) is 0 Å². The van der Waals surface area contributed by atoms with Crippen LogP contribution in [0.4, 0.5) is 0 Å². The lowest BCUT2D eigenvalue weighted by molar-refractivity contribution is -0.134. The number of carbonyl (C=O) groups excluding carboxylic acids is 2. The van der Waals surface area contributed by atoms with Gasteiger partial charge in [0.05, 0.1) is 6.04 Å². The van der Waals surface area contributed by atoms with Crippen LogP contribution in [0.15, 0.2) is 103 Å². The predicted octanol–water partition coefficient (Wildman–Crippen LogP) is 5.99. The van der Waals surface area contributed by atoms with Crippen molar-refractivity contribution in [2.24, 2.45) is 11.8 Å². The number of nitrogens with zero attached hydrogens (tertiary/aromatic N) is 1. The van der Waals surface area contributed by atoms with E-state index in [2.05, 4.69) is 42.6 Å². The zero-order valence-corrected chi connectivity index (χ0v) is 20.1. The van der Waals surface area contributed by atoms with Crippen molar-refractivity contribution in [2.75, 3.05) is 0 Å². The molecule has 3 aromatic rings. The Bertz CT molecular complexity index is 1190. The number of hydrogen-bond acceptors (Lipinski definition) is 2. The van der Waals surface area contributed by atoms with E-state index >= 15 is 0 Å². The molecule has 4 nitrogen and oxygen atoms in total. The zero-order chi connectivity index (χ0) is 24.2. The van der Waals surface area contributed by atoms with Crippen molar-refractivity contribution in [1.29, 1.82) is 0 Å². The summed E-state index contributed by atoms with van der Waals surface area (Å²) >= 11 is 0. The Morgan fingerprint density at radius 2 is 1.57 bits per heavy atom. The Morgan fingerprint density at radius 3 is 2.26 bits per heavy atom. The molecule has 0 spiro atoms. The third kappa shape index (κ3) is 4.93. The van der Waals surface area contributed by atoms with Gasteiger partial charge in [-0.25, -0.2) is 0 Å². The van der Waals surface area contributed by atoms with E-state index in [0.717, 1.165) is 35.2 Å². The lowest BCUT2D eigenvalue weighted by Crippen LogP contribution is -2.45. The number of fused-ring (bicyclic) bond motifs is 1. The number of likely N-dealkylation sites (tertiary alicyclic amines) is 1. The maximum absolute atomic E-state index is 13.5. The second kappa shape index (κ2) is 10.3. The van der Waals surface area contributed by atoms with Crippen LogP contribution in [0, 0.1) is 11.8 Å². The maximum atomic E-state index is 13.5. The Balaban J connectivity index is 1.47. The Kier molecular flexibility index (Phi) is 6.80. The van der Waals surface area contributed by atoms with Crippen LogP contribution in [-0.2, 0) is 16.1 Å². The molecule has 1 saturated heterocycles. The average Bonchev–Trinajstić information content (AvgIpc) is 2.92. The van der Waals surface area contributed by atoms with Crippen molar-refractivity contribution in [3.8, 4) is 0 Å². The highest BCUT2D eigenvalue weighted by Crippen LogP contribution is 2.46. The van der Waals surface area contributed by atoms with Crippen LogP contribution in [0.1, 0.15) is 54.8 Å². The number of allylic oxidation sites excluding steroid dienone is 2. The fourth-order valence-electron chi connectivity index (χ4n) is 5.63. The zero-order valence-electron chi connectivity index (χ0n) is 20.1. The van der Waals surface area contributed by atoms with E-state index < -0.39 is 0 Å². The predicted molar refractivity (Wildman–Crippen MR) is 138 cm³/mol. The third-order valence-electron chi connectivity index (χ3n) is 7.49. The van der Waals surface area contributed by atoms with E-state index in [4.69, 9.17) is 0 Å². The van der Waals surface area contributed by atoms with Gasteiger partial charge in [-0.05, 0) is 36.5 Å². The smallest absolute Gasteiger partial charge is 0.227 e. The van der Waals surface area contributed by atoms with Crippen LogP contribution in [0.2, 0.25) is 0 Å². The number of amides is 2. The van der Waals surface area contributed by atoms with Gasteiger partial charge >= 0.3 is 0 Å². The van der Waals surface area contributed by atoms with Gasteiger partial charge in [0, 0.05) is 36.4 Å². The topological polar surface area (TPSA) is 49.4 Å². The molecule has 0 saturated carbocycles. The monoisotopic (exact) mass is 464 g/mol. The van der Waals surface area contributed by atoms with Crippen LogP contribution >= 0.6 is 0 Å². The van der Waals surface area contributed by atoms with Crippen LogP contribution < -0.4 is 5.32 Å². The molecule has 0 unspecified atom stereocenters. The molecule has 1 aliphatic heterocycles. The first kappa shape index (κ1) is 23.1. The minimum absolute atomic E-state index is 0.0439. The SMILES string of the molecule is C[C@H](c1ccccc1)N1C(=O)CC[C@@H]2C[C@@H](C(=O)NCc3ccccc3)[C@H](c3ccccc3)C=C21. The number of carbonyl (C=O) groups is 2. The van der Waals surface area contributed by atoms with Gasteiger partial charge in [0.25, 0.3) is 0 Å². The normalized spacial score (nSPS) is 22.7. The van der Waals surface area contributed by atoms with Crippen molar-refractivity contribution < 1.29 is 9.59 Å². The second-order valence-corrected chi connectivity index (χ2v) is 9.66. The Hall–Kier alpha value is -3.66. The first-order chi connectivity index (χ1) is 17.1. The quantitative estimate of drug-likeness (QED) is 0.487. The number of nitrogens with one attached hydrogen (secondary N) is 1. The number of benzene rings is 3. The molecular weight excluding hydrogens is 432 g/mol. The molecule has 1 fully saturated rings. The van der Waals surface area contributed by atoms with Gasteiger partial charge in [-0.15, -0.1) is 0 Å². The van der Waals surface area contributed by atoms with Crippen molar-refractivity contribution in [1.82, 2.24) is 10.2 Å². The summed E-state index contributed by atoms with van der Waals surface area (Å²) in [5.74, 6) is 0.207. The number of piperidine rings is 1. The Labute approximate surface area is 207 Å². The highest BCUT2D eigenvalue weighted by molar-refractivity contribution is 5.82. The molecule has 0 bridgehead atoms. The summed E-state index contributed by atoms with van der Waals surface area (Å²) in [4.78, 5) is 28.7. The van der Waals surface area contributed by atoms with Crippen molar-refractivity contribution in [2.45, 2.75) is 44.7 Å². The largest absolute Gasteiger partial charge is 0.352 e. The summed E-state index contributed by atoms with van der Waals surface area (Å²) in [7, 11) is 0. The van der Waals surface area contributed by atoms with Gasteiger partial charge in [-0.2, -0.15) is 0 Å². The van der Waals surface area contributed by atoms with E-state index in [1.807, 2.05) is 71.6 Å². The summed E-state index contributed by atoms with van der Waals surface area (Å²) in [5.41, 5.74) is 4.42. The van der Waals surface area contributed by atoms with Crippen LogP contribution in [-0.4, -0.2) is 16.7 Å². The molecule has 4 atom stereocenters. The second-order valence-electron chi connectivity index (χ2n) is 9.66. The van der Waals surface area contributed by atoms with Gasteiger partial charge in [0.15, 0.2) is 0 Å². The summed E-state index contributed by atoms with van der Waals surface area (Å²) in [5, 5.41) is 3.18. The summed E-state index contributed by atoms with van der Waals surface area (Å²) in [6.45, 7) is 2.63. The minimum Gasteiger partial charge on any atom is -0.352 e. The van der Waals surface area contributed by atoms with Crippen molar-refractivity contribution in [3.05, 3.63) is 119 Å². The van der Waals surface area contributed by atoms with Crippen molar-refractivity contribution >= 4 is 11.8 Å². The lowest BCUT2D eigenvalue weighted by atomic mass is 9.70. The lowest BCUT2D eigenvalue weighted by Gasteiger charge is -2.44. The summed E-state index contributed by atoms with van der Waals surface area (Å²) in [6, 6.07) is 30.4. The van der Waals surface area contributed by atoms with E-state index in [-0.39, 0.29) is 35.6 Å². The minimum atomic E-state index is -0.169. The first-order valence-electron chi connectivity index (χ1n) is 12.6. The molecule has 0 aromatic heterocycles. The fraction of sp³-hybridized carbons (Fsp3) is 0.290.